The van der Waals surface area contributed by atoms with Crippen molar-refractivity contribution in [2.24, 2.45) is 0 Å². The number of nitrogens with zero attached hydrogens (tertiary/aromatic N) is 2. The van der Waals surface area contributed by atoms with E-state index in [1.807, 2.05) is 35.8 Å². The molecule has 24 heavy (non-hydrogen) atoms. The Kier molecular flexibility index (Phi) is 4.29. The van der Waals surface area contributed by atoms with Gasteiger partial charge in [-0.15, -0.1) is 0 Å². The summed E-state index contributed by atoms with van der Waals surface area (Å²) in [4.78, 5) is 27.5. The van der Waals surface area contributed by atoms with Crippen molar-refractivity contribution in [3.05, 3.63) is 65.5 Å². The molecule has 0 saturated heterocycles. The molecule has 1 heterocycles. The first kappa shape index (κ1) is 15.7. The summed E-state index contributed by atoms with van der Waals surface area (Å²) in [6.45, 7) is 2.42. The number of para-hydroxylation sites is 2. The van der Waals surface area contributed by atoms with E-state index < -0.39 is 5.97 Å². The highest BCUT2D eigenvalue weighted by molar-refractivity contribution is 5.87. The Morgan fingerprint density at radius 3 is 2.54 bits per heavy atom. The van der Waals surface area contributed by atoms with Crippen LogP contribution in [0.3, 0.4) is 0 Å². The summed E-state index contributed by atoms with van der Waals surface area (Å²) in [5, 5.41) is 11.7. The third-order valence-electron chi connectivity index (χ3n) is 3.84. The molecule has 6 nitrogen and oxygen atoms in total. The normalized spacial score (nSPS) is 10.7. The zero-order valence-electron chi connectivity index (χ0n) is 13.2. The van der Waals surface area contributed by atoms with Crippen molar-refractivity contribution < 1.29 is 14.7 Å². The number of aromatic nitrogens is 2. The summed E-state index contributed by atoms with van der Waals surface area (Å²) < 4.78 is 1.87. The molecule has 2 N–H and O–H groups in total. The Bertz CT molecular complexity index is 898. The van der Waals surface area contributed by atoms with Crippen molar-refractivity contribution in [2.75, 3.05) is 0 Å². The van der Waals surface area contributed by atoms with Crippen molar-refractivity contribution in [3.8, 4) is 0 Å². The molecule has 0 bridgehead atoms. The van der Waals surface area contributed by atoms with Gasteiger partial charge in [-0.3, -0.25) is 4.79 Å². The Balaban J connectivity index is 1.65. The molecular weight excluding hydrogens is 306 g/mol. The molecule has 1 amide bonds. The molecule has 3 aromatic rings. The minimum atomic E-state index is -0.965. The quantitative estimate of drug-likeness (QED) is 0.755. The van der Waals surface area contributed by atoms with E-state index in [-0.39, 0.29) is 18.0 Å². The molecule has 0 fully saturated rings. The molecule has 0 spiro atoms. The summed E-state index contributed by atoms with van der Waals surface area (Å²) in [5.74, 6) is -0.297. The molecule has 6 heteroatoms. The number of carboxylic acid groups (broad SMARTS) is 1. The van der Waals surface area contributed by atoms with Crippen LogP contribution in [0.5, 0.6) is 0 Å². The number of imidazole rings is 1. The van der Waals surface area contributed by atoms with Gasteiger partial charge in [-0.1, -0.05) is 24.3 Å². The molecule has 3 rings (SSSR count). The largest absolute Gasteiger partial charge is 0.478 e. The van der Waals surface area contributed by atoms with Crippen molar-refractivity contribution >= 4 is 22.9 Å². The average molecular weight is 323 g/mol. The lowest BCUT2D eigenvalue weighted by atomic mass is 10.1. The summed E-state index contributed by atoms with van der Waals surface area (Å²) in [5.41, 5.74) is 2.87. The van der Waals surface area contributed by atoms with E-state index in [1.165, 1.54) is 12.1 Å². The lowest BCUT2D eigenvalue weighted by Crippen LogP contribution is -2.27. The van der Waals surface area contributed by atoms with Gasteiger partial charge in [-0.05, 0) is 36.8 Å². The Labute approximate surface area is 138 Å². The number of fused-ring (bicyclic) bond motifs is 1. The van der Waals surface area contributed by atoms with E-state index in [0.717, 1.165) is 22.4 Å². The maximum Gasteiger partial charge on any atom is 0.335 e. The van der Waals surface area contributed by atoms with E-state index in [2.05, 4.69) is 10.3 Å². The number of rotatable bonds is 5. The van der Waals surface area contributed by atoms with Gasteiger partial charge in [0.25, 0.3) is 0 Å². The molecular formula is C18H17N3O3. The minimum absolute atomic E-state index is 0.122. The zero-order chi connectivity index (χ0) is 17.1. The second-order valence-electron chi connectivity index (χ2n) is 5.51. The van der Waals surface area contributed by atoms with Crippen LogP contribution >= 0.6 is 0 Å². The molecule has 0 saturated carbocycles. The van der Waals surface area contributed by atoms with Crippen LogP contribution in [0.25, 0.3) is 11.0 Å². The van der Waals surface area contributed by atoms with Gasteiger partial charge in [-0.2, -0.15) is 0 Å². The van der Waals surface area contributed by atoms with Crippen molar-refractivity contribution in [1.29, 1.82) is 0 Å². The predicted molar refractivity (Wildman–Crippen MR) is 89.7 cm³/mol. The highest BCUT2D eigenvalue weighted by Gasteiger charge is 2.10. The van der Waals surface area contributed by atoms with E-state index in [4.69, 9.17) is 5.11 Å². The molecule has 0 aliphatic carbocycles. The standard InChI is InChI=1S/C18H17N3O3/c1-12-20-15-4-2-3-5-16(15)21(12)11-17(22)19-10-13-6-8-14(9-7-13)18(23)24/h2-9H,10-11H2,1H3,(H,19,22)(H,23,24). The van der Waals surface area contributed by atoms with Gasteiger partial charge < -0.3 is 15.0 Å². The van der Waals surface area contributed by atoms with Crippen LogP contribution in [0.1, 0.15) is 21.7 Å². The van der Waals surface area contributed by atoms with Gasteiger partial charge in [0.1, 0.15) is 12.4 Å². The van der Waals surface area contributed by atoms with Crippen molar-refractivity contribution in [3.63, 3.8) is 0 Å². The average Bonchev–Trinajstić information content (AvgIpc) is 2.89. The van der Waals surface area contributed by atoms with Gasteiger partial charge in [-0.25, -0.2) is 9.78 Å². The van der Waals surface area contributed by atoms with E-state index in [9.17, 15) is 9.59 Å². The third kappa shape index (κ3) is 3.27. The van der Waals surface area contributed by atoms with Gasteiger partial charge >= 0.3 is 5.97 Å². The van der Waals surface area contributed by atoms with Gasteiger partial charge in [0.2, 0.25) is 5.91 Å². The van der Waals surface area contributed by atoms with Crippen molar-refractivity contribution in [1.82, 2.24) is 14.9 Å². The number of carboxylic acids is 1. The predicted octanol–water partition coefficient (Wildman–Crippen LogP) is 2.36. The maximum absolute atomic E-state index is 12.2. The van der Waals surface area contributed by atoms with Crippen LogP contribution in [0, 0.1) is 6.92 Å². The number of nitrogens with one attached hydrogen (secondary N) is 1. The first-order valence-electron chi connectivity index (χ1n) is 7.55. The second-order valence-corrected chi connectivity index (χ2v) is 5.51. The fourth-order valence-corrected chi connectivity index (χ4v) is 2.56. The van der Waals surface area contributed by atoms with Crippen LogP contribution < -0.4 is 5.32 Å². The topological polar surface area (TPSA) is 84.2 Å². The maximum atomic E-state index is 12.2. The van der Waals surface area contributed by atoms with Crippen LogP contribution in [-0.2, 0) is 17.9 Å². The highest BCUT2D eigenvalue weighted by Crippen LogP contribution is 2.15. The van der Waals surface area contributed by atoms with Crippen LogP contribution in [0.2, 0.25) is 0 Å². The molecule has 0 radical (unpaired) electrons. The molecule has 0 aliphatic rings. The zero-order valence-corrected chi connectivity index (χ0v) is 13.2. The number of hydrogen-bond donors (Lipinski definition) is 2. The molecule has 0 aliphatic heterocycles. The molecule has 0 unspecified atom stereocenters. The van der Waals surface area contributed by atoms with Crippen LogP contribution in [0.4, 0.5) is 0 Å². The monoisotopic (exact) mass is 323 g/mol. The number of aromatic carboxylic acids is 1. The summed E-state index contributed by atoms with van der Waals surface area (Å²) in [6.07, 6.45) is 0. The van der Waals surface area contributed by atoms with Crippen molar-refractivity contribution in [2.45, 2.75) is 20.0 Å². The number of aryl methyl sites for hydroxylation is 1. The number of carbonyl (C=O) groups is 2. The van der Waals surface area contributed by atoms with E-state index >= 15 is 0 Å². The molecule has 0 atom stereocenters. The SMILES string of the molecule is Cc1nc2ccccc2n1CC(=O)NCc1ccc(C(=O)O)cc1. The summed E-state index contributed by atoms with van der Waals surface area (Å²) in [6, 6.07) is 14.1. The minimum Gasteiger partial charge on any atom is -0.478 e. The number of carbonyl (C=O) groups excluding carboxylic acids is 1. The first-order chi connectivity index (χ1) is 11.5. The third-order valence-corrected chi connectivity index (χ3v) is 3.84. The molecule has 2 aromatic carbocycles. The molecule has 122 valence electrons. The van der Waals surface area contributed by atoms with E-state index in [0.29, 0.717) is 6.54 Å². The number of benzene rings is 2. The summed E-state index contributed by atoms with van der Waals surface area (Å²) >= 11 is 0. The first-order valence-corrected chi connectivity index (χ1v) is 7.55. The fraction of sp³-hybridized carbons (Fsp3) is 0.167. The fourth-order valence-electron chi connectivity index (χ4n) is 2.56. The second kappa shape index (κ2) is 6.54. The lowest BCUT2D eigenvalue weighted by Gasteiger charge is -2.08. The Hall–Kier alpha value is -3.15. The Morgan fingerprint density at radius 2 is 1.83 bits per heavy atom. The smallest absolute Gasteiger partial charge is 0.335 e. The number of hydrogen-bond acceptors (Lipinski definition) is 3. The van der Waals surface area contributed by atoms with E-state index in [1.54, 1.807) is 12.1 Å². The summed E-state index contributed by atoms with van der Waals surface area (Å²) in [7, 11) is 0. The van der Waals surface area contributed by atoms with Crippen LogP contribution in [0.15, 0.2) is 48.5 Å². The molecule has 1 aromatic heterocycles. The van der Waals surface area contributed by atoms with Gasteiger partial charge in [0.05, 0.1) is 16.6 Å². The Morgan fingerprint density at radius 1 is 1.12 bits per heavy atom. The highest BCUT2D eigenvalue weighted by atomic mass is 16.4. The number of amides is 1. The van der Waals surface area contributed by atoms with Gasteiger partial charge in [0.15, 0.2) is 0 Å². The van der Waals surface area contributed by atoms with Crippen LogP contribution in [-0.4, -0.2) is 26.5 Å². The lowest BCUT2D eigenvalue weighted by molar-refractivity contribution is -0.121. The van der Waals surface area contributed by atoms with Gasteiger partial charge in [0, 0.05) is 6.54 Å².